The second-order valence-electron chi connectivity index (χ2n) is 6.35. The van der Waals surface area contributed by atoms with Crippen LogP contribution in [0.25, 0.3) is 0 Å². The molecule has 0 bridgehead atoms. The normalized spacial score (nSPS) is 14.6. The first kappa shape index (κ1) is 21.2. The first-order valence-corrected chi connectivity index (χ1v) is 11.0. The monoisotopic (exact) mass is 440 g/mol. The molecule has 0 unspecified atom stereocenters. The van der Waals surface area contributed by atoms with Crippen LogP contribution < -0.4 is 15.2 Å². The molecule has 2 heterocycles. The summed E-state index contributed by atoms with van der Waals surface area (Å²) in [5.74, 6) is -1.88. The molecule has 0 saturated carbocycles. The maximum Gasteiger partial charge on any atom is 0.335 e. The molecule has 1 fully saturated rings. The molecule has 12 heteroatoms. The summed E-state index contributed by atoms with van der Waals surface area (Å²) in [7, 11) is -4.15. The number of sulfonamides is 1. The van der Waals surface area contributed by atoms with E-state index in [1.807, 2.05) is 9.73 Å². The maximum absolute atomic E-state index is 12.5. The summed E-state index contributed by atoms with van der Waals surface area (Å²) >= 11 is 1.16. The van der Waals surface area contributed by atoms with Gasteiger partial charge in [0.25, 0.3) is 15.9 Å². The van der Waals surface area contributed by atoms with Crippen molar-refractivity contribution in [2.75, 3.05) is 31.2 Å². The number of anilines is 1. The number of hydrazine groups is 1. The molecule has 0 atom stereocenters. The molecule has 10 nitrogen and oxygen atoms in total. The average Bonchev–Trinajstić information content (AvgIpc) is 3.08. The number of aryl methyl sites for hydroxylation is 2. The standard InChI is InChI=1S/C17H20N4O6S2/c1-10-3-4-12(9-13(10)16(23)24)29(25,26)20-19-15(22)14-11(2)18-17(28-14)21-5-7-27-8-6-21/h3-4,9,20H,5-8H2,1-2H3,(H,19,22)(H,23,24). The van der Waals surface area contributed by atoms with E-state index in [0.29, 0.717) is 42.7 Å². The Morgan fingerprint density at radius 2 is 1.93 bits per heavy atom. The third-order valence-corrected chi connectivity index (χ3v) is 6.78. The van der Waals surface area contributed by atoms with E-state index < -0.39 is 21.9 Å². The van der Waals surface area contributed by atoms with Gasteiger partial charge in [-0.15, -0.1) is 4.83 Å². The molecule has 0 radical (unpaired) electrons. The number of carboxylic acid groups (broad SMARTS) is 1. The van der Waals surface area contributed by atoms with Crippen LogP contribution in [0.4, 0.5) is 5.13 Å². The van der Waals surface area contributed by atoms with Crippen LogP contribution in [0.5, 0.6) is 0 Å². The summed E-state index contributed by atoms with van der Waals surface area (Å²) in [4.78, 5) is 32.1. The molecule has 1 saturated heterocycles. The third kappa shape index (κ3) is 4.72. The maximum atomic E-state index is 12.5. The van der Waals surface area contributed by atoms with E-state index in [1.165, 1.54) is 12.1 Å². The predicted octanol–water partition coefficient (Wildman–Crippen LogP) is 0.918. The zero-order chi connectivity index (χ0) is 21.2. The summed E-state index contributed by atoms with van der Waals surface area (Å²) in [6.45, 7) is 5.72. The topological polar surface area (TPSA) is 138 Å². The third-order valence-electron chi connectivity index (χ3n) is 4.32. The van der Waals surface area contributed by atoms with Crippen LogP contribution in [-0.2, 0) is 14.8 Å². The summed E-state index contributed by atoms with van der Waals surface area (Å²) in [6.07, 6.45) is 0. The molecule has 3 rings (SSSR count). The summed E-state index contributed by atoms with van der Waals surface area (Å²) < 4.78 is 30.2. The van der Waals surface area contributed by atoms with Gasteiger partial charge in [-0.3, -0.25) is 10.2 Å². The molecule has 156 valence electrons. The zero-order valence-corrected chi connectivity index (χ0v) is 17.4. The molecule has 2 aromatic rings. The average molecular weight is 441 g/mol. The highest BCUT2D eigenvalue weighted by molar-refractivity contribution is 7.89. The van der Waals surface area contributed by atoms with Crippen LogP contribution in [0.15, 0.2) is 23.1 Å². The SMILES string of the molecule is Cc1ccc(S(=O)(=O)NNC(=O)c2sc(N3CCOCC3)nc2C)cc1C(=O)O. The van der Waals surface area contributed by atoms with Gasteiger partial charge in [-0.05, 0) is 31.5 Å². The predicted molar refractivity (Wildman–Crippen MR) is 106 cm³/mol. The minimum Gasteiger partial charge on any atom is -0.478 e. The van der Waals surface area contributed by atoms with Crippen molar-refractivity contribution in [3.63, 3.8) is 0 Å². The van der Waals surface area contributed by atoms with Gasteiger partial charge >= 0.3 is 5.97 Å². The second kappa shape index (κ2) is 8.45. The molecule has 1 amide bonds. The lowest BCUT2D eigenvalue weighted by Gasteiger charge is -2.25. The van der Waals surface area contributed by atoms with Crippen molar-refractivity contribution in [2.24, 2.45) is 0 Å². The number of rotatable bonds is 6. The van der Waals surface area contributed by atoms with E-state index in [9.17, 15) is 18.0 Å². The zero-order valence-electron chi connectivity index (χ0n) is 15.8. The van der Waals surface area contributed by atoms with Gasteiger partial charge in [0.2, 0.25) is 0 Å². The van der Waals surface area contributed by atoms with E-state index in [4.69, 9.17) is 9.84 Å². The molecular weight excluding hydrogens is 420 g/mol. The van der Waals surface area contributed by atoms with Crippen LogP contribution in [0.3, 0.4) is 0 Å². The fourth-order valence-corrected chi connectivity index (χ4v) is 4.59. The minimum atomic E-state index is -4.15. The Morgan fingerprint density at radius 1 is 1.24 bits per heavy atom. The first-order valence-electron chi connectivity index (χ1n) is 8.65. The lowest BCUT2D eigenvalue weighted by Crippen LogP contribution is -2.41. The van der Waals surface area contributed by atoms with E-state index in [1.54, 1.807) is 13.8 Å². The number of amides is 1. The van der Waals surface area contributed by atoms with E-state index in [2.05, 4.69) is 10.4 Å². The van der Waals surface area contributed by atoms with Crippen LogP contribution in [-0.4, -0.2) is 56.7 Å². The van der Waals surface area contributed by atoms with Crippen molar-refractivity contribution in [2.45, 2.75) is 18.7 Å². The molecule has 3 N–H and O–H groups in total. The quantitative estimate of drug-likeness (QED) is 0.564. The molecule has 1 aromatic carbocycles. The molecule has 29 heavy (non-hydrogen) atoms. The van der Waals surface area contributed by atoms with E-state index in [-0.39, 0.29) is 15.3 Å². The lowest BCUT2D eigenvalue weighted by molar-refractivity contribution is 0.0695. The van der Waals surface area contributed by atoms with Crippen LogP contribution in [0.1, 0.15) is 31.3 Å². The van der Waals surface area contributed by atoms with Crippen molar-refractivity contribution in [1.82, 2.24) is 15.2 Å². The van der Waals surface area contributed by atoms with Crippen molar-refractivity contribution in [1.29, 1.82) is 0 Å². The van der Waals surface area contributed by atoms with Gasteiger partial charge in [-0.25, -0.2) is 18.2 Å². The summed E-state index contributed by atoms with van der Waals surface area (Å²) in [5.41, 5.74) is 2.94. The largest absolute Gasteiger partial charge is 0.478 e. The number of aromatic carboxylic acids is 1. The number of morpholine rings is 1. The Balaban J connectivity index is 1.72. The van der Waals surface area contributed by atoms with Gasteiger partial charge < -0.3 is 14.7 Å². The minimum absolute atomic E-state index is 0.132. The molecular formula is C17H20N4O6S2. The summed E-state index contributed by atoms with van der Waals surface area (Å²) in [5, 5.41) is 9.83. The Bertz CT molecular complexity index is 1040. The fraction of sp³-hybridized carbons (Fsp3) is 0.353. The first-order chi connectivity index (χ1) is 13.7. The van der Waals surface area contributed by atoms with Crippen molar-refractivity contribution in [3.05, 3.63) is 39.9 Å². The van der Waals surface area contributed by atoms with E-state index in [0.717, 1.165) is 17.4 Å². The Kier molecular flexibility index (Phi) is 6.17. The number of benzene rings is 1. The van der Waals surface area contributed by atoms with Crippen LogP contribution in [0.2, 0.25) is 0 Å². The molecule has 1 aliphatic heterocycles. The van der Waals surface area contributed by atoms with E-state index >= 15 is 0 Å². The number of nitrogens with zero attached hydrogens (tertiary/aromatic N) is 2. The van der Waals surface area contributed by atoms with Gasteiger partial charge in [0.15, 0.2) is 5.13 Å². The second-order valence-corrected chi connectivity index (χ2v) is 9.01. The molecule has 0 spiro atoms. The highest BCUT2D eigenvalue weighted by Gasteiger charge is 2.23. The number of carbonyl (C=O) groups is 2. The number of ether oxygens (including phenoxy) is 1. The summed E-state index contributed by atoms with van der Waals surface area (Å²) in [6, 6.07) is 3.70. The van der Waals surface area contributed by atoms with Gasteiger partial charge in [0, 0.05) is 13.1 Å². The fourth-order valence-electron chi connectivity index (χ4n) is 2.71. The number of hydrogen-bond acceptors (Lipinski definition) is 8. The van der Waals surface area contributed by atoms with Gasteiger partial charge in [-0.2, -0.15) is 0 Å². The highest BCUT2D eigenvalue weighted by Crippen LogP contribution is 2.26. The number of thiazole rings is 1. The van der Waals surface area contributed by atoms with Crippen molar-refractivity contribution >= 4 is 38.4 Å². The number of carboxylic acids is 1. The Hall–Kier alpha value is -2.54. The van der Waals surface area contributed by atoms with Crippen LogP contribution >= 0.6 is 11.3 Å². The van der Waals surface area contributed by atoms with Gasteiger partial charge in [0.05, 0.1) is 29.4 Å². The Labute approximate surface area is 171 Å². The molecule has 1 aliphatic rings. The number of carbonyl (C=O) groups excluding carboxylic acids is 1. The van der Waals surface area contributed by atoms with Crippen molar-refractivity contribution in [3.8, 4) is 0 Å². The number of nitrogens with one attached hydrogen (secondary N) is 2. The highest BCUT2D eigenvalue weighted by atomic mass is 32.2. The smallest absolute Gasteiger partial charge is 0.335 e. The lowest BCUT2D eigenvalue weighted by atomic mass is 10.1. The molecule has 0 aliphatic carbocycles. The Morgan fingerprint density at radius 3 is 2.59 bits per heavy atom. The number of hydrogen-bond donors (Lipinski definition) is 3. The number of aromatic nitrogens is 1. The van der Waals surface area contributed by atoms with Gasteiger partial charge in [-0.1, -0.05) is 17.4 Å². The molecule has 1 aromatic heterocycles. The van der Waals surface area contributed by atoms with Crippen LogP contribution in [0, 0.1) is 13.8 Å². The van der Waals surface area contributed by atoms with Crippen molar-refractivity contribution < 1.29 is 27.9 Å². The van der Waals surface area contributed by atoms with Gasteiger partial charge in [0.1, 0.15) is 4.88 Å².